The number of rotatable bonds is 3. The average molecular weight is 223 g/mol. The molecule has 0 saturated carbocycles. The van der Waals surface area contributed by atoms with E-state index in [1.807, 2.05) is 6.07 Å². The standard InChI is InChI=1S/C12H17NO3/c1-12(2)9-15-6-5-13(12)7-10-3-4-11(8-14)16-10/h3-4,8H,5-7,9H2,1-2H3. The molecular formula is C12H17NO3. The number of hydrogen-bond acceptors (Lipinski definition) is 4. The molecule has 0 amide bonds. The van der Waals surface area contributed by atoms with Crippen molar-refractivity contribution < 1.29 is 13.9 Å². The van der Waals surface area contributed by atoms with Crippen LogP contribution in [0.5, 0.6) is 0 Å². The number of furan rings is 1. The minimum atomic E-state index is 0.0202. The summed E-state index contributed by atoms with van der Waals surface area (Å²) in [5, 5.41) is 0. The third-order valence-electron chi connectivity index (χ3n) is 2.96. The molecule has 0 N–H and O–H groups in total. The van der Waals surface area contributed by atoms with Gasteiger partial charge in [-0.2, -0.15) is 0 Å². The second-order valence-corrected chi connectivity index (χ2v) is 4.71. The van der Waals surface area contributed by atoms with Crippen LogP contribution in [0.4, 0.5) is 0 Å². The lowest BCUT2D eigenvalue weighted by molar-refractivity contribution is -0.0577. The van der Waals surface area contributed by atoms with Crippen LogP contribution >= 0.6 is 0 Å². The molecule has 0 bridgehead atoms. The Balaban J connectivity index is 2.05. The summed E-state index contributed by atoms with van der Waals surface area (Å²) >= 11 is 0. The number of ether oxygens (including phenoxy) is 1. The van der Waals surface area contributed by atoms with Gasteiger partial charge in [-0.05, 0) is 26.0 Å². The van der Waals surface area contributed by atoms with Gasteiger partial charge in [0.05, 0.1) is 19.8 Å². The van der Waals surface area contributed by atoms with Crippen LogP contribution in [0.15, 0.2) is 16.5 Å². The van der Waals surface area contributed by atoms with Gasteiger partial charge in [-0.3, -0.25) is 9.69 Å². The van der Waals surface area contributed by atoms with E-state index in [9.17, 15) is 4.79 Å². The molecule has 4 nitrogen and oxygen atoms in total. The molecule has 0 aromatic carbocycles. The number of carbonyl (C=O) groups excluding carboxylic acids is 1. The summed E-state index contributed by atoms with van der Waals surface area (Å²) in [5.41, 5.74) is 0.0202. The predicted octanol–water partition coefficient (Wildman–Crippen LogP) is 1.70. The first kappa shape index (κ1) is 11.4. The second kappa shape index (κ2) is 4.39. The zero-order valence-electron chi connectivity index (χ0n) is 9.73. The maximum atomic E-state index is 10.5. The first-order valence-electron chi connectivity index (χ1n) is 5.48. The topological polar surface area (TPSA) is 42.7 Å². The van der Waals surface area contributed by atoms with Gasteiger partial charge in [0.15, 0.2) is 12.0 Å². The quantitative estimate of drug-likeness (QED) is 0.731. The third-order valence-corrected chi connectivity index (χ3v) is 2.96. The first-order chi connectivity index (χ1) is 7.62. The van der Waals surface area contributed by atoms with Gasteiger partial charge < -0.3 is 9.15 Å². The lowest BCUT2D eigenvalue weighted by atomic mass is 10.0. The van der Waals surface area contributed by atoms with Crippen molar-refractivity contribution in [2.45, 2.75) is 25.9 Å². The summed E-state index contributed by atoms with van der Waals surface area (Å²) in [4.78, 5) is 12.8. The van der Waals surface area contributed by atoms with Crippen LogP contribution in [0.1, 0.15) is 30.2 Å². The summed E-state index contributed by atoms with van der Waals surface area (Å²) in [6.45, 7) is 7.40. The van der Waals surface area contributed by atoms with Gasteiger partial charge in [0, 0.05) is 12.1 Å². The Morgan fingerprint density at radius 1 is 1.50 bits per heavy atom. The maximum Gasteiger partial charge on any atom is 0.185 e. The third kappa shape index (κ3) is 2.33. The molecule has 0 spiro atoms. The molecule has 1 aromatic heterocycles. The fourth-order valence-electron chi connectivity index (χ4n) is 1.91. The molecule has 2 rings (SSSR count). The number of nitrogens with zero attached hydrogens (tertiary/aromatic N) is 1. The van der Waals surface area contributed by atoms with Gasteiger partial charge >= 0.3 is 0 Å². The van der Waals surface area contributed by atoms with E-state index in [1.54, 1.807) is 6.07 Å². The summed E-state index contributed by atoms with van der Waals surface area (Å²) in [6, 6.07) is 3.56. The van der Waals surface area contributed by atoms with Crippen LogP contribution in [0.2, 0.25) is 0 Å². The molecule has 0 atom stereocenters. The van der Waals surface area contributed by atoms with Crippen molar-refractivity contribution in [1.29, 1.82) is 0 Å². The van der Waals surface area contributed by atoms with Crippen molar-refractivity contribution in [3.63, 3.8) is 0 Å². The Hall–Kier alpha value is -1.13. The van der Waals surface area contributed by atoms with E-state index in [4.69, 9.17) is 9.15 Å². The highest BCUT2D eigenvalue weighted by Gasteiger charge is 2.30. The Kier molecular flexibility index (Phi) is 3.12. The molecule has 4 heteroatoms. The Morgan fingerprint density at radius 3 is 2.94 bits per heavy atom. The van der Waals surface area contributed by atoms with E-state index < -0.39 is 0 Å². The summed E-state index contributed by atoms with van der Waals surface area (Å²) in [7, 11) is 0. The molecule has 88 valence electrons. The highest BCUT2D eigenvalue weighted by atomic mass is 16.5. The van der Waals surface area contributed by atoms with Gasteiger partial charge in [-0.25, -0.2) is 0 Å². The van der Waals surface area contributed by atoms with Crippen molar-refractivity contribution in [1.82, 2.24) is 4.90 Å². The Morgan fingerprint density at radius 2 is 2.31 bits per heavy atom. The van der Waals surface area contributed by atoms with Gasteiger partial charge in [-0.1, -0.05) is 0 Å². The molecule has 0 unspecified atom stereocenters. The van der Waals surface area contributed by atoms with Gasteiger partial charge in [-0.15, -0.1) is 0 Å². The number of aldehydes is 1. The van der Waals surface area contributed by atoms with Crippen molar-refractivity contribution in [2.75, 3.05) is 19.8 Å². The number of morpholine rings is 1. The molecule has 0 radical (unpaired) electrons. The smallest absolute Gasteiger partial charge is 0.185 e. The monoisotopic (exact) mass is 223 g/mol. The largest absolute Gasteiger partial charge is 0.457 e. The molecule has 16 heavy (non-hydrogen) atoms. The van der Waals surface area contributed by atoms with Crippen molar-refractivity contribution in [3.05, 3.63) is 23.7 Å². The summed E-state index contributed by atoms with van der Waals surface area (Å²) < 4.78 is 10.8. The lowest BCUT2D eigenvalue weighted by Crippen LogP contribution is -2.52. The lowest BCUT2D eigenvalue weighted by Gasteiger charge is -2.41. The normalized spacial score (nSPS) is 20.9. The summed E-state index contributed by atoms with van der Waals surface area (Å²) in [5.74, 6) is 1.22. The van der Waals surface area contributed by atoms with Gasteiger partial charge in [0.25, 0.3) is 0 Å². The zero-order chi connectivity index (χ0) is 11.6. The molecule has 0 aliphatic carbocycles. The van der Waals surface area contributed by atoms with Crippen molar-refractivity contribution in [3.8, 4) is 0 Å². The highest BCUT2D eigenvalue weighted by Crippen LogP contribution is 2.22. The van der Waals surface area contributed by atoms with Crippen LogP contribution < -0.4 is 0 Å². The predicted molar refractivity (Wildman–Crippen MR) is 59.4 cm³/mol. The van der Waals surface area contributed by atoms with E-state index in [1.165, 1.54) is 0 Å². The second-order valence-electron chi connectivity index (χ2n) is 4.71. The zero-order valence-corrected chi connectivity index (χ0v) is 9.73. The highest BCUT2D eigenvalue weighted by molar-refractivity contribution is 5.70. The maximum absolute atomic E-state index is 10.5. The van der Waals surface area contributed by atoms with Gasteiger partial charge in [0.2, 0.25) is 0 Å². The number of carbonyl (C=O) groups is 1. The average Bonchev–Trinajstić information content (AvgIpc) is 2.69. The fourth-order valence-corrected chi connectivity index (χ4v) is 1.91. The van der Waals surface area contributed by atoms with E-state index in [0.717, 1.165) is 38.3 Å². The summed E-state index contributed by atoms with van der Waals surface area (Å²) in [6.07, 6.45) is 0.730. The van der Waals surface area contributed by atoms with Crippen LogP contribution in [-0.2, 0) is 11.3 Å². The molecule has 1 aliphatic rings. The molecule has 1 aliphatic heterocycles. The molecular weight excluding hydrogens is 206 g/mol. The van der Waals surface area contributed by atoms with E-state index in [0.29, 0.717) is 5.76 Å². The van der Waals surface area contributed by atoms with Gasteiger partial charge in [0.1, 0.15) is 5.76 Å². The van der Waals surface area contributed by atoms with Crippen molar-refractivity contribution in [2.24, 2.45) is 0 Å². The Labute approximate surface area is 95.2 Å². The fraction of sp³-hybridized carbons (Fsp3) is 0.583. The van der Waals surface area contributed by atoms with Crippen LogP contribution in [0.3, 0.4) is 0 Å². The van der Waals surface area contributed by atoms with E-state index in [-0.39, 0.29) is 5.54 Å². The molecule has 2 heterocycles. The molecule has 1 saturated heterocycles. The van der Waals surface area contributed by atoms with Crippen LogP contribution in [0.25, 0.3) is 0 Å². The van der Waals surface area contributed by atoms with E-state index in [2.05, 4.69) is 18.7 Å². The van der Waals surface area contributed by atoms with Crippen LogP contribution in [0, 0.1) is 0 Å². The van der Waals surface area contributed by atoms with E-state index >= 15 is 0 Å². The van der Waals surface area contributed by atoms with Crippen LogP contribution in [-0.4, -0.2) is 36.5 Å². The molecule has 1 aromatic rings. The minimum absolute atomic E-state index is 0.0202. The SMILES string of the molecule is CC1(C)COCCN1Cc1ccc(C=O)o1. The number of hydrogen-bond donors (Lipinski definition) is 0. The first-order valence-corrected chi connectivity index (χ1v) is 5.48. The minimum Gasteiger partial charge on any atom is -0.457 e. The Bertz CT molecular complexity index is 370. The van der Waals surface area contributed by atoms with Crippen molar-refractivity contribution >= 4 is 6.29 Å². The molecule has 1 fully saturated rings.